The first-order valence-corrected chi connectivity index (χ1v) is 34.4. The smallest absolute Gasteiger partial charge is 0.130 e. The monoisotopic (exact) mass is 1030 g/mol. The molecular formula is C72H136N2+2. The summed E-state index contributed by atoms with van der Waals surface area (Å²) in [6.07, 6.45) is 74.3. The Labute approximate surface area is 467 Å². The number of benzene rings is 2. The standard InChI is InChI=1S/2C36H67N/c2*1-4-6-8-10-12-14-15-16-17-18-19-20-22-24-26-28-34-37(3)36-32-30-35(31-33-36)29-27-25-23-21-13-11-9-7-5-2/h2*30-33H,4-29,34H2,1-3H3/p+2. The first-order chi connectivity index (χ1) is 36.5. The largest absolute Gasteiger partial charge is 0.305 e. The van der Waals surface area contributed by atoms with Crippen molar-refractivity contribution in [1.82, 2.24) is 0 Å². The number of hydrogen-bond acceptors (Lipinski definition) is 0. The van der Waals surface area contributed by atoms with E-state index in [1.165, 1.54) is 369 Å². The van der Waals surface area contributed by atoms with Gasteiger partial charge < -0.3 is 9.80 Å². The minimum atomic E-state index is 1.26. The number of rotatable bonds is 56. The van der Waals surface area contributed by atoms with Crippen LogP contribution in [0.4, 0.5) is 11.4 Å². The van der Waals surface area contributed by atoms with Crippen LogP contribution in [0.15, 0.2) is 48.5 Å². The normalized spacial score (nSPS) is 12.3. The average molecular weight is 1030 g/mol. The Balaban J connectivity index is 0.000000740. The van der Waals surface area contributed by atoms with Crippen LogP contribution in [-0.4, -0.2) is 27.2 Å². The fraction of sp³-hybridized carbons (Fsp3) is 0.833. The Morgan fingerprint density at radius 3 is 0.554 bits per heavy atom. The Hall–Kier alpha value is -1.64. The second-order valence-electron chi connectivity index (χ2n) is 24.2. The molecule has 0 amide bonds. The highest BCUT2D eigenvalue weighted by Crippen LogP contribution is 2.18. The summed E-state index contributed by atoms with van der Waals surface area (Å²) in [6.45, 7) is 11.8. The van der Waals surface area contributed by atoms with Gasteiger partial charge in [0.25, 0.3) is 0 Å². The molecule has 0 bridgehead atoms. The lowest BCUT2D eigenvalue weighted by molar-refractivity contribution is -0.810. The van der Waals surface area contributed by atoms with Gasteiger partial charge in [0.1, 0.15) is 11.4 Å². The molecule has 2 rings (SSSR count). The van der Waals surface area contributed by atoms with Crippen LogP contribution in [0.2, 0.25) is 0 Å². The van der Waals surface area contributed by atoms with E-state index in [1.54, 1.807) is 9.80 Å². The van der Waals surface area contributed by atoms with Crippen molar-refractivity contribution in [2.24, 2.45) is 0 Å². The van der Waals surface area contributed by atoms with E-state index in [4.69, 9.17) is 0 Å². The minimum absolute atomic E-state index is 1.26. The van der Waals surface area contributed by atoms with E-state index < -0.39 is 0 Å². The fourth-order valence-corrected chi connectivity index (χ4v) is 11.4. The summed E-state index contributed by atoms with van der Waals surface area (Å²) < 4.78 is 0. The van der Waals surface area contributed by atoms with Gasteiger partial charge >= 0.3 is 0 Å². The van der Waals surface area contributed by atoms with Crippen LogP contribution in [0.25, 0.3) is 0 Å². The first kappa shape index (κ1) is 70.4. The van der Waals surface area contributed by atoms with Gasteiger partial charge in [-0.2, -0.15) is 0 Å². The van der Waals surface area contributed by atoms with Crippen LogP contribution in [0.5, 0.6) is 0 Å². The Morgan fingerprint density at radius 2 is 0.365 bits per heavy atom. The molecule has 0 spiro atoms. The van der Waals surface area contributed by atoms with Gasteiger partial charge in [0.2, 0.25) is 0 Å². The van der Waals surface area contributed by atoms with Gasteiger partial charge in [-0.1, -0.05) is 334 Å². The average Bonchev–Trinajstić information content (AvgIpc) is 3.42. The summed E-state index contributed by atoms with van der Waals surface area (Å²) in [5, 5.41) is 0. The third-order valence-electron chi connectivity index (χ3n) is 16.8. The van der Waals surface area contributed by atoms with Gasteiger partial charge in [0.15, 0.2) is 0 Å². The van der Waals surface area contributed by atoms with Crippen molar-refractivity contribution in [2.75, 3.05) is 27.2 Å². The van der Waals surface area contributed by atoms with Crippen LogP contribution in [0.1, 0.15) is 360 Å². The molecule has 0 aliphatic carbocycles. The second kappa shape index (κ2) is 57.5. The lowest BCUT2D eigenvalue weighted by Crippen LogP contribution is -3.03. The zero-order chi connectivity index (χ0) is 53.3. The highest BCUT2D eigenvalue weighted by molar-refractivity contribution is 5.33. The zero-order valence-electron chi connectivity index (χ0n) is 51.8. The van der Waals surface area contributed by atoms with Crippen LogP contribution in [0.3, 0.4) is 0 Å². The Kier molecular flexibility index (Phi) is 54.7. The molecule has 2 aromatic carbocycles. The molecule has 2 nitrogen and oxygen atoms in total. The van der Waals surface area contributed by atoms with E-state index in [0.29, 0.717) is 0 Å². The molecular weight excluding hydrogens is 893 g/mol. The van der Waals surface area contributed by atoms with E-state index in [-0.39, 0.29) is 0 Å². The van der Waals surface area contributed by atoms with Crippen molar-refractivity contribution in [2.45, 2.75) is 362 Å². The number of unbranched alkanes of at least 4 members (excludes halogenated alkanes) is 46. The van der Waals surface area contributed by atoms with Crippen molar-refractivity contribution >= 4 is 11.4 Å². The number of quaternary nitrogens is 2. The number of aryl methyl sites for hydroxylation is 2. The quantitative estimate of drug-likeness (QED) is 0.0611. The highest BCUT2D eigenvalue weighted by Gasteiger charge is 2.08. The molecule has 2 N–H and O–H groups in total. The minimum Gasteiger partial charge on any atom is -0.305 e. The lowest BCUT2D eigenvalue weighted by atomic mass is 10.0. The van der Waals surface area contributed by atoms with E-state index >= 15 is 0 Å². The molecule has 74 heavy (non-hydrogen) atoms. The molecule has 0 radical (unpaired) electrons. The van der Waals surface area contributed by atoms with Gasteiger partial charge in [-0.3, -0.25) is 0 Å². The van der Waals surface area contributed by atoms with Gasteiger partial charge in [-0.15, -0.1) is 0 Å². The maximum Gasteiger partial charge on any atom is 0.130 e. The third kappa shape index (κ3) is 47.6. The van der Waals surface area contributed by atoms with Crippen LogP contribution >= 0.6 is 0 Å². The third-order valence-corrected chi connectivity index (χ3v) is 16.8. The molecule has 0 aromatic heterocycles. The summed E-state index contributed by atoms with van der Waals surface area (Å²) in [6, 6.07) is 19.1. The molecule has 2 unspecified atom stereocenters. The fourth-order valence-electron chi connectivity index (χ4n) is 11.4. The SMILES string of the molecule is CCCCCCCCCCCCCCCCCC[NH+](C)c1ccc(CCCCCCCCCCC)cc1.CCCCCCCCCCCCCCCCCC[NH+](C)c1ccc(CCCCCCCCCCC)cc1. The maximum absolute atomic E-state index is 2.39. The van der Waals surface area contributed by atoms with Crippen molar-refractivity contribution in [1.29, 1.82) is 0 Å². The molecule has 2 heteroatoms. The van der Waals surface area contributed by atoms with Crippen molar-refractivity contribution in [3.63, 3.8) is 0 Å². The molecule has 0 heterocycles. The van der Waals surface area contributed by atoms with Crippen molar-refractivity contribution in [3.05, 3.63) is 59.7 Å². The summed E-state index contributed by atoms with van der Waals surface area (Å²) in [4.78, 5) is 3.17. The first-order valence-electron chi connectivity index (χ1n) is 34.4. The molecule has 432 valence electrons. The zero-order valence-corrected chi connectivity index (χ0v) is 51.8. The molecule has 0 fully saturated rings. The van der Waals surface area contributed by atoms with E-state index in [1.807, 2.05) is 0 Å². The topological polar surface area (TPSA) is 8.88 Å². The summed E-state index contributed by atoms with van der Waals surface area (Å²) in [5.74, 6) is 0. The Morgan fingerprint density at radius 1 is 0.203 bits per heavy atom. The molecule has 2 aromatic rings. The van der Waals surface area contributed by atoms with Crippen LogP contribution in [-0.2, 0) is 12.8 Å². The highest BCUT2D eigenvalue weighted by atomic mass is 15.1. The van der Waals surface area contributed by atoms with Crippen LogP contribution < -0.4 is 9.80 Å². The second-order valence-corrected chi connectivity index (χ2v) is 24.2. The van der Waals surface area contributed by atoms with Gasteiger partial charge in [0.05, 0.1) is 27.2 Å². The summed E-state index contributed by atoms with van der Waals surface area (Å²) >= 11 is 0. The maximum atomic E-state index is 2.39. The molecule has 0 saturated heterocycles. The van der Waals surface area contributed by atoms with Gasteiger partial charge in [-0.05, 0) is 86.8 Å². The molecule has 0 saturated carbocycles. The van der Waals surface area contributed by atoms with Gasteiger partial charge in [0, 0.05) is 0 Å². The lowest BCUT2D eigenvalue weighted by Gasteiger charge is -2.14. The van der Waals surface area contributed by atoms with Gasteiger partial charge in [-0.25, -0.2) is 0 Å². The Bertz CT molecular complexity index is 1230. The van der Waals surface area contributed by atoms with Crippen molar-refractivity contribution < 1.29 is 9.80 Å². The molecule has 0 aliphatic heterocycles. The van der Waals surface area contributed by atoms with E-state index in [9.17, 15) is 0 Å². The van der Waals surface area contributed by atoms with Crippen LogP contribution in [0, 0.1) is 0 Å². The number of nitrogens with one attached hydrogen (secondary N) is 2. The predicted octanol–water partition coefficient (Wildman–Crippen LogP) is 22.3. The van der Waals surface area contributed by atoms with Crippen molar-refractivity contribution in [3.8, 4) is 0 Å². The molecule has 2 atom stereocenters. The summed E-state index contributed by atoms with van der Waals surface area (Å²) in [7, 11) is 4.70. The summed E-state index contributed by atoms with van der Waals surface area (Å²) in [5.41, 5.74) is 6.00. The van der Waals surface area contributed by atoms with E-state index in [0.717, 1.165) is 0 Å². The number of hydrogen-bond donors (Lipinski definition) is 2. The van der Waals surface area contributed by atoms with E-state index in [2.05, 4.69) is 90.3 Å². The molecule has 0 aliphatic rings. The predicted molar refractivity (Wildman–Crippen MR) is 337 cm³/mol.